The normalized spacial score (nSPS) is 11.1. The fourth-order valence-electron chi connectivity index (χ4n) is 1.43. The van der Waals surface area contributed by atoms with E-state index in [0.717, 1.165) is 5.56 Å². The van der Waals surface area contributed by atoms with E-state index in [0.29, 0.717) is 17.2 Å². The highest BCUT2D eigenvalue weighted by Crippen LogP contribution is 2.39. The van der Waals surface area contributed by atoms with E-state index in [2.05, 4.69) is 6.58 Å². The Bertz CT molecular complexity index is 357. The number of nitrogens with two attached hydrogens (primary N) is 1. The van der Waals surface area contributed by atoms with E-state index >= 15 is 0 Å². The van der Waals surface area contributed by atoms with Gasteiger partial charge in [-0.05, 0) is 17.7 Å². The Kier molecular flexibility index (Phi) is 6.46. The number of hydrogen-bond donors (Lipinski definition) is 1. The molecule has 0 unspecified atom stereocenters. The van der Waals surface area contributed by atoms with Crippen molar-refractivity contribution in [2.24, 2.45) is 5.73 Å². The maximum atomic E-state index is 5.86. The van der Waals surface area contributed by atoms with Gasteiger partial charge in [0.15, 0.2) is 11.5 Å². The molecule has 0 radical (unpaired) electrons. The minimum atomic E-state index is -0.256. The summed E-state index contributed by atoms with van der Waals surface area (Å²) in [5.41, 5.74) is 6.73. The molecule has 0 aliphatic heterocycles. The molecule has 0 saturated heterocycles. The highest BCUT2D eigenvalue weighted by atomic mass is 35.5. The van der Waals surface area contributed by atoms with Gasteiger partial charge in [0.05, 0.1) is 21.3 Å². The van der Waals surface area contributed by atoms with Crippen molar-refractivity contribution in [1.29, 1.82) is 0 Å². The van der Waals surface area contributed by atoms with Crippen LogP contribution in [0.3, 0.4) is 0 Å². The Labute approximate surface area is 108 Å². The highest BCUT2D eigenvalue weighted by Gasteiger charge is 2.14. The van der Waals surface area contributed by atoms with E-state index in [1.807, 2.05) is 12.1 Å². The van der Waals surface area contributed by atoms with Gasteiger partial charge in [0.2, 0.25) is 5.75 Å². The summed E-state index contributed by atoms with van der Waals surface area (Å²) in [6.45, 7) is 3.65. The minimum Gasteiger partial charge on any atom is -0.493 e. The molecule has 0 amide bonds. The lowest BCUT2D eigenvalue weighted by Gasteiger charge is -2.15. The van der Waals surface area contributed by atoms with E-state index in [1.165, 1.54) is 0 Å². The molecule has 0 spiro atoms. The van der Waals surface area contributed by atoms with E-state index in [4.69, 9.17) is 19.9 Å². The van der Waals surface area contributed by atoms with Crippen LogP contribution >= 0.6 is 12.4 Å². The molecule has 5 heteroatoms. The zero-order chi connectivity index (χ0) is 12.1. The second-order valence-electron chi connectivity index (χ2n) is 3.22. The number of rotatable bonds is 5. The van der Waals surface area contributed by atoms with Crippen LogP contribution in [-0.2, 0) is 0 Å². The second kappa shape index (κ2) is 7.04. The lowest BCUT2D eigenvalue weighted by atomic mass is 10.1. The number of hydrogen-bond acceptors (Lipinski definition) is 4. The van der Waals surface area contributed by atoms with Gasteiger partial charge in [0.25, 0.3) is 0 Å². The van der Waals surface area contributed by atoms with Crippen LogP contribution in [0.15, 0.2) is 24.8 Å². The van der Waals surface area contributed by atoms with E-state index in [1.54, 1.807) is 27.4 Å². The topological polar surface area (TPSA) is 53.7 Å². The Hall–Kier alpha value is -1.39. The molecule has 0 bridgehead atoms. The summed E-state index contributed by atoms with van der Waals surface area (Å²) < 4.78 is 15.6. The first-order chi connectivity index (χ1) is 7.67. The first kappa shape index (κ1) is 15.6. The van der Waals surface area contributed by atoms with Gasteiger partial charge in [-0.1, -0.05) is 6.08 Å². The van der Waals surface area contributed by atoms with E-state index < -0.39 is 0 Å². The highest BCUT2D eigenvalue weighted by molar-refractivity contribution is 5.85. The molecule has 0 aliphatic carbocycles. The smallest absolute Gasteiger partial charge is 0.203 e. The van der Waals surface area contributed by atoms with Gasteiger partial charge in [-0.15, -0.1) is 19.0 Å². The van der Waals surface area contributed by atoms with Crippen LogP contribution in [0.1, 0.15) is 11.6 Å². The molecule has 0 aliphatic rings. The molecule has 0 fully saturated rings. The lowest BCUT2D eigenvalue weighted by Crippen LogP contribution is -2.07. The summed E-state index contributed by atoms with van der Waals surface area (Å²) in [5, 5.41) is 0. The van der Waals surface area contributed by atoms with Gasteiger partial charge in [-0.2, -0.15) is 0 Å². The molecule has 0 heterocycles. The largest absolute Gasteiger partial charge is 0.493 e. The zero-order valence-electron chi connectivity index (χ0n) is 10.2. The van der Waals surface area contributed by atoms with Crippen molar-refractivity contribution in [3.63, 3.8) is 0 Å². The molecule has 0 saturated carbocycles. The summed E-state index contributed by atoms with van der Waals surface area (Å²) in [6, 6.07) is 3.37. The van der Waals surface area contributed by atoms with Crippen molar-refractivity contribution in [2.75, 3.05) is 21.3 Å². The summed E-state index contributed by atoms with van der Waals surface area (Å²) in [7, 11) is 4.70. The molecule has 2 N–H and O–H groups in total. The van der Waals surface area contributed by atoms with Crippen LogP contribution in [-0.4, -0.2) is 21.3 Å². The van der Waals surface area contributed by atoms with Gasteiger partial charge in [0, 0.05) is 6.04 Å². The second-order valence-corrected chi connectivity index (χ2v) is 3.22. The lowest BCUT2D eigenvalue weighted by molar-refractivity contribution is 0.323. The molecule has 1 aromatic carbocycles. The minimum absolute atomic E-state index is 0. The van der Waals surface area contributed by atoms with Crippen LogP contribution in [0.4, 0.5) is 0 Å². The van der Waals surface area contributed by atoms with Crippen LogP contribution in [0.2, 0.25) is 0 Å². The van der Waals surface area contributed by atoms with Crippen molar-refractivity contribution in [3.8, 4) is 17.2 Å². The third-order valence-electron chi connectivity index (χ3n) is 2.33. The quantitative estimate of drug-likeness (QED) is 0.825. The molecule has 1 aromatic rings. The average Bonchev–Trinajstić information content (AvgIpc) is 2.35. The molecular formula is C12H18ClNO3. The maximum absolute atomic E-state index is 5.86. The monoisotopic (exact) mass is 259 g/mol. The van der Waals surface area contributed by atoms with Crippen LogP contribution in [0, 0.1) is 0 Å². The SMILES string of the molecule is C=C[C@@H](N)c1cc(OC)c(OC)c(OC)c1.Cl. The van der Waals surface area contributed by atoms with E-state index in [-0.39, 0.29) is 18.4 Å². The number of halogens is 1. The predicted octanol–water partition coefficient (Wildman–Crippen LogP) is 2.32. The van der Waals surface area contributed by atoms with Crippen molar-refractivity contribution in [2.45, 2.75) is 6.04 Å². The predicted molar refractivity (Wildman–Crippen MR) is 70.5 cm³/mol. The number of benzene rings is 1. The van der Waals surface area contributed by atoms with Crippen LogP contribution in [0.25, 0.3) is 0 Å². The molecule has 96 valence electrons. The van der Waals surface area contributed by atoms with Crippen molar-refractivity contribution in [1.82, 2.24) is 0 Å². The Morgan fingerprint density at radius 2 is 1.59 bits per heavy atom. The molecular weight excluding hydrogens is 242 g/mol. The fourth-order valence-corrected chi connectivity index (χ4v) is 1.43. The van der Waals surface area contributed by atoms with Gasteiger partial charge in [-0.3, -0.25) is 0 Å². The van der Waals surface area contributed by atoms with Crippen molar-refractivity contribution < 1.29 is 14.2 Å². The van der Waals surface area contributed by atoms with E-state index in [9.17, 15) is 0 Å². The standard InChI is InChI=1S/C12H17NO3.ClH/c1-5-9(13)8-6-10(14-2)12(16-4)11(7-8)15-3;/h5-7,9H,1,13H2,2-4H3;1H/t9-;/m1./s1. The molecule has 0 aromatic heterocycles. The first-order valence-electron chi connectivity index (χ1n) is 4.86. The Morgan fingerprint density at radius 1 is 1.12 bits per heavy atom. The van der Waals surface area contributed by atoms with Gasteiger partial charge in [0.1, 0.15) is 0 Å². The van der Waals surface area contributed by atoms with Crippen LogP contribution < -0.4 is 19.9 Å². The number of ether oxygens (including phenoxy) is 3. The summed E-state index contributed by atoms with van der Waals surface area (Å²) in [5.74, 6) is 1.74. The summed E-state index contributed by atoms with van der Waals surface area (Å²) in [4.78, 5) is 0. The third-order valence-corrected chi connectivity index (χ3v) is 2.33. The molecule has 1 atom stereocenters. The molecule has 17 heavy (non-hydrogen) atoms. The maximum Gasteiger partial charge on any atom is 0.203 e. The molecule has 1 rings (SSSR count). The van der Waals surface area contributed by atoms with Gasteiger partial charge < -0.3 is 19.9 Å². The third kappa shape index (κ3) is 3.28. The summed E-state index contributed by atoms with van der Waals surface area (Å²) in [6.07, 6.45) is 1.65. The average molecular weight is 260 g/mol. The Balaban J connectivity index is 0.00000256. The van der Waals surface area contributed by atoms with Gasteiger partial charge in [-0.25, -0.2) is 0 Å². The fraction of sp³-hybridized carbons (Fsp3) is 0.333. The molecule has 4 nitrogen and oxygen atoms in total. The number of methoxy groups -OCH3 is 3. The summed E-state index contributed by atoms with van der Waals surface area (Å²) >= 11 is 0. The zero-order valence-corrected chi connectivity index (χ0v) is 11.0. The van der Waals surface area contributed by atoms with Crippen LogP contribution in [0.5, 0.6) is 17.2 Å². The van der Waals surface area contributed by atoms with Gasteiger partial charge >= 0.3 is 0 Å². The van der Waals surface area contributed by atoms with Crippen molar-refractivity contribution in [3.05, 3.63) is 30.4 Å². The first-order valence-corrected chi connectivity index (χ1v) is 4.86. The Morgan fingerprint density at radius 3 is 1.88 bits per heavy atom. The van der Waals surface area contributed by atoms with Crippen molar-refractivity contribution >= 4 is 12.4 Å².